The summed E-state index contributed by atoms with van der Waals surface area (Å²) in [5.41, 5.74) is 0. The number of hydrogen-bond acceptors (Lipinski definition) is 6. The van der Waals surface area contributed by atoms with Crippen LogP contribution in [0.4, 0.5) is 0 Å². The van der Waals surface area contributed by atoms with Gasteiger partial charge in [-0.1, -0.05) is 243 Å². The number of aliphatic hydroxyl groups excluding tert-OH is 1. The molecule has 0 aromatic heterocycles. The highest BCUT2D eigenvalue weighted by Gasteiger charge is 2.23. The molecule has 0 aromatic rings. The first kappa shape index (κ1) is 64.7. The first-order valence-corrected chi connectivity index (χ1v) is 29.8. The fourth-order valence-electron chi connectivity index (χ4n) is 8.34. The molecule has 0 heterocycles. The molecule has 2 N–H and O–H groups in total. The number of unbranched alkanes of at least 4 members (excludes halogenated alkanes) is 35. The predicted octanol–water partition coefficient (Wildman–Crippen LogP) is 16.4. The van der Waals surface area contributed by atoms with Gasteiger partial charge in [0.15, 0.2) is 0 Å². The molecule has 0 aliphatic carbocycles. The summed E-state index contributed by atoms with van der Waals surface area (Å²) in [5.74, 6) is -0.206. The van der Waals surface area contributed by atoms with Gasteiger partial charge in [0.05, 0.1) is 39.9 Å². The fourth-order valence-corrected chi connectivity index (χ4v) is 9.06. The summed E-state index contributed by atoms with van der Waals surface area (Å²) in [6, 6.07) is -0.899. The number of likely N-dealkylation sites (N-methyl/N-ethyl adjacent to an activating group) is 1. The molecule has 3 atom stereocenters. The molecule has 0 aromatic carbocycles. The quantitative estimate of drug-likeness (QED) is 0.0272. The normalized spacial score (nSPS) is 14.2. The van der Waals surface area contributed by atoms with E-state index in [9.17, 15) is 19.4 Å². The molecular formula is C57H111N2O6P. The van der Waals surface area contributed by atoms with E-state index in [2.05, 4.69) is 43.5 Å². The Bertz CT molecular complexity index is 1170. The Morgan fingerprint density at radius 3 is 1.26 bits per heavy atom. The second-order valence-corrected chi connectivity index (χ2v) is 22.0. The molecule has 0 bridgehead atoms. The van der Waals surface area contributed by atoms with Crippen molar-refractivity contribution >= 4 is 13.7 Å². The molecule has 0 aliphatic heterocycles. The molecule has 0 saturated heterocycles. The average molecular weight is 951 g/mol. The van der Waals surface area contributed by atoms with E-state index in [0.29, 0.717) is 17.4 Å². The van der Waals surface area contributed by atoms with Crippen LogP contribution < -0.4 is 10.2 Å². The lowest BCUT2D eigenvalue weighted by Crippen LogP contribution is -2.45. The highest BCUT2D eigenvalue weighted by Crippen LogP contribution is 2.38. The Labute approximate surface area is 410 Å². The molecule has 3 unspecified atom stereocenters. The third-order valence-electron chi connectivity index (χ3n) is 12.8. The van der Waals surface area contributed by atoms with E-state index in [0.717, 1.165) is 38.5 Å². The lowest BCUT2D eigenvalue weighted by molar-refractivity contribution is -0.870. The number of carbonyl (C=O) groups is 1. The third kappa shape index (κ3) is 50.6. The van der Waals surface area contributed by atoms with Gasteiger partial charge in [0.1, 0.15) is 13.2 Å². The molecule has 1 amide bonds. The van der Waals surface area contributed by atoms with Crippen LogP contribution in [0.1, 0.15) is 271 Å². The zero-order chi connectivity index (χ0) is 48.5. The number of phosphoric ester groups is 1. The van der Waals surface area contributed by atoms with Crippen LogP contribution in [0.3, 0.4) is 0 Å². The van der Waals surface area contributed by atoms with Crippen molar-refractivity contribution in [1.29, 1.82) is 0 Å². The van der Waals surface area contributed by atoms with E-state index in [1.54, 1.807) is 6.08 Å². The van der Waals surface area contributed by atoms with E-state index in [1.807, 2.05) is 27.2 Å². The van der Waals surface area contributed by atoms with Gasteiger partial charge in [-0.3, -0.25) is 9.36 Å². The van der Waals surface area contributed by atoms with Crippen molar-refractivity contribution in [3.8, 4) is 0 Å². The van der Waals surface area contributed by atoms with Crippen LogP contribution in [0.5, 0.6) is 0 Å². The summed E-state index contributed by atoms with van der Waals surface area (Å²) in [6.07, 6.45) is 62.7. The lowest BCUT2D eigenvalue weighted by atomic mass is 10.0. The summed E-state index contributed by atoms with van der Waals surface area (Å²) < 4.78 is 23.2. The second-order valence-electron chi connectivity index (χ2n) is 20.6. The minimum atomic E-state index is -4.59. The van der Waals surface area contributed by atoms with Crippen LogP contribution in [0.15, 0.2) is 36.5 Å². The predicted molar refractivity (Wildman–Crippen MR) is 284 cm³/mol. The van der Waals surface area contributed by atoms with E-state index in [1.165, 1.54) is 212 Å². The van der Waals surface area contributed by atoms with Crippen molar-refractivity contribution in [1.82, 2.24) is 5.32 Å². The number of nitrogens with zero attached hydrogens (tertiary/aromatic N) is 1. The second kappa shape index (κ2) is 48.7. The zero-order valence-corrected chi connectivity index (χ0v) is 45.3. The molecule has 8 nitrogen and oxygen atoms in total. The van der Waals surface area contributed by atoms with Gasteiger partial charge in [0, 0.05) is 6.42 Å². The molecule has 0 aliphatic rings. The molecule has 390 valence electrons. The topological polar surface area (TPSA) is 108 Å². The van der Waals surface area contributed by atoms with Gasteiger partial charge in [-0.15, -0.1) is 0 Å². The van der Waals surface area contributed by atoms with E-state index in [4.69, 9.17) is 9.05 Å². The number of hydrogen-bond donors (Lipinski definition) is 2. The number of allylic oxidation sites excluding steroid dienone is 5. The number of aliphatic hydroxyl groups is 1. The lowest BCUT2D eigenvalue weighted by Gasteiger charge is -2.29. The van der Waals surface area contributed by atoms with E-state index < -0.39 is 26.6 Å². The summed E-state index contributed by atoms with van der Waals surface area (Å²) in [5, 5.41) is 13.7. The number of phosphoric acid groups is 1. The van der Waals surface area contributed by atoms with Gasteiger partial charge in [0.25, 0.3) is 7.82 Å². The third-order valence-corrected chi connectivity index (χ3v) is 13.8. The molecule has 0 rings (SSSR count). The van der Waals surface area contributed by atoms with E-state index >= 15 is 0 Å². The Morgan fingerprint density at radius 2 is 0.848 bits per heavy atom. The van der Waals surface area contributed by atoms with Gasteiger partial charge in [0.2, 0.25) is 5.91 Å². The molecule has 9 heteroatoms. The summed E-state index contributed by atoms with van der Waals surface area (Å²) in [6.45, 7) is 4.59. The van der Waals surface area contributed by atoms with Crippen LogP contribution in [0, 0.1) is 0 Å². The largest absolute Gasteiger partial charge is 0.756 e. The van der Waals surface area contributed by atoms with Crippen LogP contribution in [0.25, 0.3) is 0 Å². The van der Waals surface area contributed by atoms with Crippen molar-refractivity contribution < 1.29 is 32.9 Å². The monoisotopic (exact) mass is 951 g/mol. The Morgan fingerprint density at radius 1 is 0.515 bits per heavy atom. The maximum absolute atomic E-state index is 12.9. The number of amides is 1. The molecular weight excluding hydrogens is 840 g/mol. The Balaban J connectivity index is 3.86. The number of quaternary nitrogens is 1. The number of rotatable bonds is 52. The first-order chi connectivity index (χ1) is 32.0. The SMILES string of the molecule is CCCCC/C=C/CC/C=C/C(O)C(COP(=O)([O-])OCC[N+](C)(C)C)NC(=O)CCCCCCCCCCCCCCCCCCCCCCCCC/C=C\CCCCCCCCCC. The van der Waals surface area contributed by atoms with Crippen LogP contribution in [-0.4, -0.2) is 68.5 Å². The summed E-state index contributed by atoms with van der Waals surface area (Å²) in [7, 11) is 1.25. The minimum absolute atomic E-state index is 0.00533. The van der Waals surface area contributed by atoms with Gasteiger partial charge in [-0.25, -0.2) is 0 Å². The van der Waals surface area contributed by atoms with Crippen molar-refractivity contribution in [2.45, 2.75) is 283 Å². The molecule has 66 heavy (non-hydrogen) atoms. The fraction of sp³-hybridized carbons (Fsp3) is 0.877. The van der Waals surface area contributed by atoms with Crippen molar-refractivity contribution in [2.75, 3.05) is 40.9 Å². The molecule has 0 radical (unpaired) electrons. The van der Waals surface area contributed by atoms with Crippen LogP contribution in [0.2, 0.25) is 0 Å². The number of nitrogens with one attached hydrogen (secondary N) is 1. The van der Waals surface area contributed by atoms with Gasteiger partial charge < -0.3 is 28.8 Å². The van der Waals surface area contributed by atoms with Crippen molar-refractivity contribution in [3.63, 3.8) is 0 Å². The summed E-state index contributed by atoms with van der Waals surface area (Å²) >= 11 is 0. The maximum atomic E-state index is 12.9. The molecule has 0 fully saturated rings. The van der Waals surface area contributed by atoms with Crippen molar-refractivity contribution in [2.24, 2.45) is 0 Å². The highest BCUT2D eigenvalue weighted by molar-refractivity contribution is 7.45. The Hall–Kier alpha value is -1.28. The smallest absolute Gasteiger partial charge is 0.268 e. The highest BCUT2D eigenvalue weighted by atomic mass is 31.2. The first-order valence-electron chi connectivity index (χ1n) is 28.4. The molecule has 0 spiro atoms. The summed E-state index contributed by atoms with van der Waals surface area (Å²) in [4.78, 5) is 25.3. The van der Waals surface area contributed by atoms with Crippen LogP contribution >= 0.6 is 7.82 Å². The van der Waals surface area contributed by atoms with Gasteiger partial charge >= 0.3 is 0 Å². The maximum Gasteiger partial charge on any atom is 0.268 e. The van der Waals surface area contributed by atoms with Crippen molar-refractivity contribution in [3.05, 3.63) is 36.5 Å². The standard InChI is InChI=1S/C57H111N2O6P/c1-6-8-10-12-14-16-17-18-19-20-21-22-23-24-25-26-27-28-29-30-31-32-33-34-35-36-37-38-39-40-41-43-45-47-49-51-57(61)58-55(54-65-66(62,63)64-53-52-59(3,4)5)56(60)50-48-46-44-42-15-13-11-9-7-2/h15,20-21,42,48,50,55-56,60H,6-14,16-19,22-41,43-47,49,51-54H2,1-5H3,(H-,58,61,62,63)/b21-20-,42-15+,50-48+. The minimum Gasteiger partial charge on any atom is -0.756 e. The van der Waals surface area contributed by atoms with Gasteiger partial charge in [-0.05, 0) is 57.8 Å². The number of carbonyl (C=O) groups excluding carboxylic acids is 1. The Kier molecular flexibility index (Phi) is 47.8. The van der Waals surface area contributed by atoms with Crippen LogP contribution in [-0.2, 0) is 18.4 Å². The van der Waals surface area contributed by atoms with Gasteiger partial charge in [-0.2, -0.15) is 0 Å². The average Bonchev–Trinajstić information content (AvgIpc) is 3.28. The molecule has 0 saturated carbocycles. The van der Waals surface area contributed by atoms with E-state index in [-0.39, 0.29) is 12.5 Å². The zero-order valence-electron chi connectivity index (χ0n) is 44.4.